The second-order valence-electron chi connectivity index (χ2n) is 4.43. The van der Waals surface area contributed by atoms with Crippen LogP contribution in [0.25, 0.3) is 0 Å². The van der Waals surface area contributed by atoms with E-state index in [9.17, 15) is 18.0 Å². The van der Waals surface area contributed by atoms with Gasteiger partial charge in [0.15, 0.2) is 0 Å². The van der Waals surface area contributed by atoms with Gasteiger partial charge in [0.25, 0.3) is 0 Å². The Morgan fingerprint density at radius 1 is 0.875 bits per heavy atom. The number of carboxylic acid groups (broad SMARTS) is 2. The van der Waals surface area contributed by atoms with E-state index in [4.69, 9.17) is 37.6 Å². The van der Waals surface area contributed by atoms with E-state index in [1.807, 2.05) is 0 Å². The van der Waals surface area contributed by atoms with Gasteiger partial charge >= 0.3 is 22.1 Å². The summed E-state index contributed by atoms with van der Waals surface area (Å²) in [6.45, 7) is 0. The Hall–Kier alpha value is -2.29. The van der Waals surface area contributed by atoms with Crippen LogP contribution in [0, 0.1) is 0 Å². The lowest BCUT2D eigenvalue weighted by Crippen LogP contribution is -2.12. The molecule has 126 valence electrons. The van der Waals surface area contributed by atoms with Crippen LogP contribution in [0.3, 0.4) is 0 Å². The number of benzene rings is 2. The summed E-state index contributed by atoms with van der Waals surface area (Å²) in [5.74, 6) is -3.36. The highest BCUT2D eigenvalue weighted by molar-refractivity contribution is 7.87. The molecule has 0 spiro atoms. The first-order valence-electron chi connectivity index (χ1n) is 6.12. The van der Waals surface area contributed by atoms with E-state index < -0.39 is 33.2 Å². The largest absolute Gasteiger partial charge is 0.478 e. The van der Waals surface area contributed by atoms with E-state index in [2.05, 4.69) is 0 Å². The molecule has 0 aliphatic heterocycles. The first-order chi connectivity index (χ1) is 11.1. The van der Waals surface area contributed by atoms with Gasteiger partial charge in [0.05, 0.1) is 21.2 Å². The van der Waals surface area contributed by atoms with E-state index in [1.54, 1.807) is 0 Å². The molecule has 2 aromatic rings. The Kier molecular flexibility index (Phi) is 5.02. The number of carbonyl (C=O) groups is 2. The topological polar surface area (TPSA) is 118 Å². The highest BCUT2D eigenvalue weighted by Gasteiger charge is 2.21. The molecule has 10 heteroatoms. The van der Waals surface area contributed by atoms with E-state index in [0.29, 0.717) is 0 Å². The molecule has 0 radical (unpaired) electrons. The summed E-state index contributed by atoms with van der Waals surface area (Å²) in [6, 6.07) is 6.27. The highest BCUT2D eigenvalue weighted by atomic mass is 35.5. The van der Waals surface area contributed by atoms with Gasteiger partial charge in [0.2, 0.25) is 0 Å². The second-order valence-corrected chi connectivity index (χ2v) is 6.79. The van der Waals surface area contributed by atoms with Gasteiger partial charge < -0.3 is 14.4 Å². The van der Waals surface area contributed by atoms with E-state index >= 15 is 0 Å². The fraction of sp³-hybridized carbons (Fsp3) is 0. The van der Waals surface area contributed by atoms with Crippen molar-refractivity contribution in [2.24, 2.45) is 0 Å². The minimum Gasteiger partial charge on any atom is -0.478 e. The molecule has 0 saturated carbocycles. The molecule has 2 rings (SSSR count). The van der Waals surface area contributed by atoms with Crippen LogP contribution in [0.15, 0.2) is 41.3 Å². The van der Waals surface area contributed by atoms with Gasteiger partial charge in [-0.05, 0) is 36.4 Å². The third kappa shape index (κ3) is 3.78. The third-order valence-electron chi connectivity index (χ3n) is 2.84. The number of hydrogen-bond donors (Lipinski definition) is 2. The fourth-order valence-corrected chi connectivity index (χ4v) is 3.06. The van der Waals surface area contributed by atoms with E-state index in [1.165, 1.54) is 6.07 Å². The second kappa shape index (κ2) is 6.68. The van der Waals surface area contributed by atoms with Crippen LogP contribution in [0.2, 0.25) is 10.0 Å². The zero-order valence-corrected chi connectivity index (χ0v) is 13.9. The predicted octanol–water partition coefficient (Wildman–Crippen LogP) is 3.16. The van der Waals surface area contributed by atoms with Crippen LogP contribution in [0.5, 0.6) is 5.75 Å². The van der Waals surface area contributed by atoms with Crippen molar-refractivity contribution in [3.8, 4) is 5.75 Å². The van der Waals surface area contributed by atoms with Crippen molar-refractivity contribution >= 4 is 45.3 Å². The molecular formula is C14H8Cl2O7S. The first kappa shape index (κ1) is 18.1. The molecular weight excluding hydrogens is 383 g/mol. The maximum atomic E-state index is 12.2. The Labute approximate surface area is 146 Å². The summed E-state index contributed by atoms with van der Waals surface area (Å²) in [7, 11) is -4.31. The normalized spacial score (nSPS) is 11.1. The van der Waals surface area contributed by atoms with Crippen molar-refractivity contribution in [3.63, 3.8) is 0 Å². The lowest BCUT2D eigenvalue weighted by atomic mass is 10.1. The highest BCUT2D eigenvalue weighted by Crippen LogP contribution is 2.27. The smallest absolute Gasteiger partial charge is 0.339 e. The number of rotatable bonds is 5. The third-order valence-corrected chi connectivity index (χ3v) is 4.82. The van der Waals surface area contributed by atoms with Gasteiger partial charge in [-0.2, -0.15) is 8.42 Å². The van der Waals surface area contributed by atoms with Crippen molar-refractivity contribution in [1.82, 2.24) is 0 Å². The summed E-state index contributed by atoms with van der Waals surface area (Å²) < 4.78 is 29.2. The molecule has 7 nitrogen and oxygen atoms in total. The molecule has 2 N–H and O–H groups in total. The predicted molar refractivity (Wildman–Crippen MR) is 84.6 cm³/mol. The summed E-state index contributed by atoms with van der Waals surface area (Å²) in [5.41, 5.74) is -1.11. The molecule has 2 aromatic carbocycles. The molecule has 0 unspecified atom stereocenters. The van der Waals surface area contributed by atoms with Crippen LogP contribution >= 0.6 is 23.2 Å². The van der Waals surface area contributed by atoms with Crippen LogP contribution in [-0.2, 0) is 10.1 Å². The summed E-state index contributed by atoms with van der Waals surface area (Å²) in [5, 5.41) is 18.1. The molecule has 0 bridgehead atoms. The Morgan fingerprint density at radius 3 is 2.04 bits per heavy atom. The zero-order valence-electron chi connectivity index (χ0n) is 11.6. The zero-order chi connectivity index (χ0) is 18.1. The molecule has 0 amide bonds. The van der Waals surface area contributed by atoms with Gasteiger partial charge in [-0.1, -0.05) is 23.2 Å². The fourth-order valence-electron chi connectivity index (χ4n) is 1.75. The van der Waals surface area contributed by atoms with Crippen molar-refractivity contribution in [2.45, 2.75) is 4.90 Å². The minimum absolute atomic E-state index is 0.00575. The molecule has 0 atom stereocenters. The van der Waals surface area contributed by atoms with Gasteiger partial charge in [-0.15, -0.1) is 0 Å². The summed E-state index contributed by atoms with van der Waals surface area (Å²) >= 11 is 11.5. The van der Waals surface area contributed by atoms with Crippen molar-refractivity contribution < 1.29 is 32.4 Å². The summed E-state index contributed by atoms with van der Waals surface area (Å²) in [4.78, 5) is 21.8. The molecule has 24 heavy (non-hydrogen) atoms. The van der Waals surface area contributed by atoms with Crippen molar-refractivity contribution in [2.75, 3.05) is 0 Å². The lowest BCUT2D eigenvalue weighted by Gasteiger charge is -2.09. The molecule has 0 heterocycles. The summed E-state index contributed by atoms with van der Waals surface area (Å²) in [6.07, 6.45) is 0. The molecule has 0 aliphatic carbocycles. The van der Waals surface area contributed by atoms with Crippen LogP contribution in [-0.4, -0.2) is 30.6 Å². The lowest BCUT2D eigenvalue weighted by molar-refractivity contribution is 0.0651. The maximum Gasteiger partial charge on any atom is 0.339 e. The van der Waals surface area contributed by atoms with Crippen LogP contribution in [0.1, 0.15) is 20.7 Å². The molecule has 0 saturated heterocycles. The van der Waals surface area contributed by atoms with Gasteiger partial charge in [-0.25, -0.2) is 9.59 Å². The van der Waals surface area contributed by atoms with Crippen molar-refractivity contribution in [3.05, 3.63) is 57.6 Å². The van der Waals surface area contributed by atoms with Gasteiger partial charge in [0, 0.05) is 0 Å². The van der Waals surface area contributed by atoms with E-state index in [0.717, 1.165) is 30.3 Å². The maximum absolute atomic E-state index is 12.2. The standard InChI is InChI=1S/C14H8Cl2O7S/c15-11-4-2-8(6-12(11)16)24(21,22)23-7-1-3-9(13(17)18)10(5-7)14(19)20/h1-6H,(H,17,18)(H,19,20). The SMILES string of the molecule is O=C(O)c1ccc(OS(=O)(=O)c2ccc(Cl)c(Cl)c2)cc1C(=O)O. The molecule has 0 aliphatic rings. The number of aromatic carboxylic acids is 2. The Bertz CT molecular complexity index is 938. The van der Waals surface area contributed by atoms with Gasteiger partial charge in [0.1, 0.15) is 10.6 Å². The Balaban J connectivity index is 2.43. The Morgan fingerprint density at radius 2 is 1.50 bits per heavy atom. The first-order valence-corrected chi connectivity index (χ1v) is 8.28. The number of halogens is 2. The monoisotopic (exact) mass is 390 g/mol. The molecule has 0 fully saturated rings. The van der Waals surface area contributed by atoms with Crippen LogP contribution in [0.4, 0.5) is 0 Å². The van der Waals surface area contributed by atoms with E-state index in [-0.39, 0.29) is 20.7 Å². The van der Waals surface area contributed by atoms with Crippen LogP contribution < -0.4 is 4.18 Å². The van der Waals surface area contributed by atoms with Gasteiger partial charge in [-0.3, -0.25) is 0 Å². The number of hydrogen-bond acceptors (Lipinski definition) is 5. The average Bonchev–Trinajstić information content (AvgIpc) is 2.49. The minimum atomic E-state index is -4.31. The quantitative estimate of drug-likeness (QED) is 0.752. The molecule has 0 aromatic heterocycles. The number of carboxylic acids is 2. The average molecular weight is 391 g/mol. The van der Waals surface area contributed by atoms with Crippen molar-refractivity contribution in [1.29, 1.82) is 0 Å².